The minimum Gasteiger partial charge on any atom is -0.340 e. The Labute approximate surface area is 153 Å². The molecule has 0 radical (unpaired) electrons. The molecule has 1 saturated heterocycles. The van der Waals surface area contributed by atoms with Crippen LogP contribution in [0.2, 0.25) is 0 Å². The van der Waals surface area contributed by atoms with E-state index in [9.17, 15) is 9.59 Å². The second-order valence-corrected chi connectivity index (χ2v) is 6.76. The lowest BCUT2D eigenvalue weighted by Crippen LogP contribution is -2.50. The van der Waals surface area contributed by atoms with Crippen LogP contribution in [0.1, 0.15) is 22.8 Å². The third kappa shape index (κ3) is 3.03. The van der Waals surface area contributed by atoms with Crippen LogP contribution in [0.4, 0.5) is 11.4 Å². The Morgan fingerprint density at radius 3 is 2.46 bits per heavy atom. The van der Waals surface area contributed by atoms with Crippen LogP contribution in [0.3, 0.4) is 0 Å². The number of piperazine rings is 1. The number of amides is 2. The summed E-state index contributed by atoms with van der Waals surface area (Å²) >= 11 is 0. The summed E-state index contributed by atoms with van der Waals surface area (Å²) in [6.07, 6.45) is 4.44. The monoisotopic (exact) mass is 350 g/mol. The fraction of sp³-hybridized carbons (Fsp3) is 0.350. The van der Waals surface area contributed by atoms with Crippen molar-refractivity contribution in [1.29, 1.82) is 0 Å². The molecule has 0 unspecified atom stereocenters. The Hall–Kier alpha value is -2.89. The molecule has 0 aliphatic carbocycles. The molecule has 0 bridgehead atoms. The highest BCUT2D eigenvalue weighted by molar-refractivity contribution is 5.95. The molecule has 0 saturated carbocycles. The molecule has 0 spiro atoms. The summed E-state index contributed by atoms with van der Waals surface area (Å²) in [7, 11) is 0. The molecule has 1 aromatic heterocycles. The van der Waals surface area contributed by atoms with Crippen LogP contribution in [0, 0.1) is 0 Å². The highest BCUT2D eigenvalue weighted by Gasteiger charge is 2.25. The zero-order valence-electron chi connectivity index (χ0n) is 14.9. The summed E-state index contributed by atoms with van der Waals surface area (Å²) < 4.78 is 0. The van der Waals surface area contributed by atoms with Gasteiger partial charge in [0.25, 0.3) is 5.91 Å². The average molecular weight is 350 g/mol. The van der Waals surface area contributed by atoms with Gasteiger partial charge >= 0.3 is 0 Å². The van der Waals surface area contributed by atoms with Gasteiger partial charge in [0.2, 0.25) is 5.91 Å². The molecule has 26 heavy (non-hydrogen) atoms. The fourth-order valence-electron chi connectivity index (χ4n) is 3.71. The second-order valence-electron chi connectivity index (χ2n) is 6.76. The van der Waals surface area contributed by atoms with E-state index in [2.05, 4.69) is 28.1 Å². The number of nitrogens with zero attached hydrogens (tertiary/aromatic N) is 4. The summed E-state index contributed by atoms with van der Waals surface area (Å²) in [6, 6.07) is 10.3. The molecule has 3 heterocycles. The van der Waals surface area contributed by atoms with E-state index < -0.39 is 0 Å². The minimum atomic E-state index is -0.0185. The lowest BCUT2D eigenvalue weighted by atomic mass is 10.1. The Morgan fingerprint density at radius 2 is 1.69 bits per heavy atom. The zero-order chi connectivity index (χ0) is 18.1. The maximum Gasteiger partial charge on any atom is 0.255 e. The van der Waals surface area contributed by atoms with Crippen LogP contribution in [0.25, 0.3) is 0 Å². The number of benzene rings is 1. The van der Waals surface area contributed by atoms with Gasteiger partial charge in [-0.25, -0.2) is 0 Å². The van der Waals surface area contributed by atoms with Crippen LogP contribution in [0.15, 0.2) is 42.7 Å². The van der Waals surface area contributed by atoms with E-state index in [0.717, 1.165) is 18.7 Å². The minimum absolute atomic E-state index is 0.0185. The van der Waals surface area contributed by atoms with Gasteiger partial charge in [-0.15, -0.1) is 0 Å². The average Bonchev–Trinajstić information content (AvgIpc) is 3.12. The first-order valence-electron chi connectivity index (χ1n) is 8.99. The van der Waals surface area contributed by atoms with Crippen LogP contribution < -0.4 is 4.90 Å². The normalized spacial score (nSPS) is 16.6. The number of fused-ring (bicyclic) bond motifs is 1. The predicted octanol–water partition coefficient (Wildman–Crippen LogP) is 2.08. The lowest BCUT2D eigenvalue weighted by molar-refractivity contribution is -0.130. The first kappa shape index (κ1) is 16.6. The summed E-state index contributed by atoms with van der Waals surface area (Å²) in [4.78, 5) is 34.4. The molecule has 4 rings (SSSR count). The van der Waals surface area contributed by atoms with Gasteiger partial charge in [-0.2, -0.15) is 0 Å². The van der Waals surface area contributed by atoms with E-state index in [0.29, 0.717) is 31.7 Å². The number of carbonyl (C=O) groups excluding carboxylic acids is 2. The Kier molecular flexibility index (Phi) is 4.32. The number of rotatable bonds is 2. The van der Waals surface area contributed by atoms with E-state index in [-0.39, 0.29) is 11.8 Å². The molecule has 0 N–H and O–H groups in total. The third-order valence-corrected chi connectivity index (χ3v) is 5.18. The molecule has 1 aromatic carbocycles. The third-order valence-electron chi connectivity index (χ3n) is 5.18. The largest absolute Gasteiger partial charge is 0.340 e. The van der Waals surface area contributed by atoms with Crippen molar-refractivity contribution in [2.45, 2.75) is 13.3 Å². The molecule has 0 atom stereocenters. The molecule has 134 valence electrons. The first-order chi connectivity index (χ1) is 12.6. The van der Waals surface area contributed by atoms with Gasteiger partial charge < -0.3 is 14.7 Å². The maximum absolute atomic E-state index is 12.9. The van der Waals surface area contributed by atoms with E-state index in [1.54, 1.807) is 22.9 Å². The topological polar surface area (TPSA) is 56.8 Å². The van der Waals surface area contributed by atoms with Crippen molar-refractivity contribution in [3.05, 3.63) is 53.9 Å². The van der Waals surface area contributed by atoms with Crippen molar-refractivity contribution in [1.82, 2.24) is 14.8 Å². The van der Waals surface area contributed by atoms with E-state index in [1.165, 1.54) is 11.3 Å². The molecule has 2 aliphatic rings. The first-order valence-corrected chi connectivity index (χ1v) is 8.99. The van der Waals surface area contributed by atoms with E-state index in [1.807, 2.05) is 18.3 Å². The van der Waals surface area contributed by atoms with Gasteiger partial charge in [0.1, 0.15) is 0 Å². The summed E-state index contributed by atoms with van der Waals surface area (Å²) in [6.45, 7) is 4.78. The van der Waals surface area contributed by atoms with Crippen molar-refractivity contribution in [2.24, 2.45) is 0 Å². The predicted molar refractivity (Wildman–Crippen MR) is 99.5 cm³/mol. The SMILES string of the molecule is CC(=O)N1CCN(C(=O)c2cncc(N3CCc4ccccc43)c2)CC1. The number of anilines is 2. The van der Waals surface area contributed by atoms with Crippen molar-refractivity contribution in [3.63, 3.8) is 0 Å². The zero-order valence-corrected chi connectivity index (χ0v) is 14.9. The quantitative estimate of drug-likeness (QED) is 0.832. The van der Waals surface area contributed by atoms with Gasteiger partial charge in [-0.1, -0.05) is 18.2 Å². The van der Waals surface area contributed by atoms with Crippen molar-refractivity contribution >= 4 is 23.2 Å². The van der Waals surface area contributed by atoms with Gasteiger partial charge in [-0.3, -0.25) is 14.6 Å². The van der Waals surface area contributed by atoms with Crippen LogP contribution in [-0.4, -0.2) is 59.3 Å². The molecule has 1 fully saturated rings. The molecule has 6 nitrogen and oxygen atoms in total. The van der Waals surface area contributed by atoms with Crippen LogP contribution in [0.5, 0.6) is 0 Å². The second kappa shape index (κ2) is 6.78. The standard InChI is InChI=1S/C20H22N4O2/c1-15(25)22-8-10-23(11-9-22)20(26)17-12-18(14-21-13-17)24-7-6-16-4-2-3-5-19(16)24/h2-5,12-14H,6-11H2,1H3. The van der Waals surface area contributed by atoms with Crippen molar-refractivity contribution < 1.29 is 9.59 Å². The van der Waals surface area contributed by atoms with Gasteiger partial charge in [-0.05, 0) is 24.1 Å². The van der Waals surface area contributed by atoms with E-state index >= 15 is 0 Å². The maximum atomic E-state index is 12.9. The summed E-state index contributed by atoms with van der Waals surface area (Å²) in [5.74, 6) is 0.0449. The van der Waals surface area contributed by atoms with Crippen molar-refractivity contribution in [2.75, 3.05) is 37.6 Å². The van der Waals surface area contributed by atoms with Crippen molar-refractivity contribution in [3.8, 4) is 0 Å². The highest BCUT2D eigenvalue weighted by atomic mass is 16.2. The summed E-state index contributed by atoms with van der Waals surface area (Å²) in [5, 5.41) is 0. The number of pyridine rings is 1. The number of hydrogen-bond donors (Lipinski definition) is 0. The molecule has 6 heteroatoms. The van der Waals surface area contributed by atoms with E-state index in [4.69, 9.17) is 0 Å². The fourth-order valence-corrected chi connectivity index (χ4v) is 3.71. The Bertz CT molecular complexity index is 843. The number of carbonyl (C=O) groups is 2. The number of hydrogen-bond acceptors (Lipinski definition) is 4. The summed E-state index contributed by atoms with van der Waals surface area (Å²) in [5.41, 5.74) is 4.06. The lowest BCUT2D eigenvalue weighted by Gasteiger charge is -2.34. The highest BCUT2D eigenvalue weighted by Crippen LogP contribution is 2.34. The Balaban J connectivity index is 1.52. The smallest absolute Gasteiger partial charge is 0.255 e. The molecular formula is C20H22N4O2. The van der Waals surface area contributed by atoms with Gasteiger partial charge in [0.05, 0.1) is 17.4 Å². The van der Waals surface area contributed by atoms with Crippen LogP contribution >= 0.6 is 0 Å². The van der Waals surface area contributed by atoms with Crippen LogP contribution in [-0.2, 0) is 11.2 Å². The molecule has 2 amide bonds. The molecule has 2 aliphatic heterocycles. The van der Waals surface area contributed by atoms with Gasteiger partial charge in [0, 0.05) is 51.5 Å². The van der Waals surface area contributed by atoms with Gasteiger partial charge in [0.15, 0.2) is 0 Å². The molecular weight excluding hydrogens is 328 g/mol. The Morgan fingerprint density at radius 1 is 0.962 bits per heavy atom. The molecule has 2 aromatic rings. The number of para-hydroxylation sites is 1. The number of aromatic nitrogens is 1.